The quantitative estimate of drug-likeness (QED) is 0.198. The van der Waals surface area contributed by atoms with Crippen molar-refractivity contribution in [3.63, 3.8) is 0 Å². The van der Waals surface area contributed by atoms with Gasteiger partial charge in [0.05, 0.1) is 33.1 Å². The molecule has 4 heterocycles. The molecule has 0 amide bonds. The molecule has 0 spiro atoms. The molecule has 0 radical (unpaired) electrons. The number of nitrogens with zero attached hydrogens (tertiary/aromatic N) is 6. The number of hydrogen-bond acceptors (Lipinski definition) is 4. The van der Waals surface area contributed by atoms with Crippen molar-refractivity contribution in [2.75, 3.05) is 0 Å². The van der Waals surface area contributed by atoms with Gasteiger partial charge in [-0.15, -0.1) is 0 Å². The molecule has 0 fully saturated rings. The van der Waals surface area contributed by atoms with Gasteiger partial charge in [-0.05, 0) is 96.8 Å². The Morgan fingerprint density at radius 3 is 1.25 bits per heavy atom. The Bertz CT molecular complexity index is 2780. The summed E-state index contributed by atoms with van der Waals surface area (Å²) in [7, 11) is 0. The van der Waals surface area contributed by atoms with E-state index in [2.05, 4.69) is 108 Å². The van der Waals surface area contributed by atoms with E-state index in [1.165, 1.54) is 38.5 Å². The Morgan fingerprint density at radius 1 is 0.396 bits per heavy atom. The minimum absolute atomic E-state index is 0.748. The van der Waals surface area contributed by atoms with Gasteiger partial charge in [-0.3, -0.25) is 4.57 Å². The van der Waals surface area contributed by atoms with E-state index in [4.69, 9.17) is 19.9 Å². The Labute approximate surface area is 275 Å². The summed E-state index contributed by atoms with van der Waals surface area (Å²) in [6, 6.07) is 46.6. The zero-order valence-electron chi connectivity index (χ0n) is 26.4. The zero-order valence-corrected chi connectivity index (χ0v) is 26.4. The highest BCUT2D eigenvalue weighted by molar-refractivity contribution is 6.09. The third-order valence-corrected chi connectivity index (χ3v) is 9.56. The van der Waals surface area contributed by atoms with Gasteiger partial charge in [0.25, 0.3) is 0 Å². The minimum atomic E-state index is 0.748. The number of benzene rings is 6. The Morgan fingerprint density at radius 2 is 0.792 bits per heavy atom. The van der Waals surface area contributed by atoms with E-state index in [0.29, 0.717) is 0 Å². The molecule has 0 bridgehead atoms. The number of fused-ring (bicyclic) bond motifs is 8. The summed E-state index contributed by atoms with van der Waals surface area (Å²) in [4.78, 5) is 20.3. The van der Waals surface area contributed by atoms with Crippen LogP contribution in [0.1, 0.15) is 11.1 Å². The summed E-state index contributed by atoms with van der Waals surface area (Å²) in [5, 5.41) is 2.53. The monoisotopic (exact) mass is 616 g/mol. The fourth-order valence-electron chi connectivity index (χ4n) is 7.33. The number of para-hydroxylation sites is 6. The van der Waals surface area contributed by atoms with Gasteiger partial charge in [0.15, 0.2) is 11.3 Å². The second-order valence-corrected chi connectivity index (χ2v) is 12.5. The van der Waals surface area contributed by atoms with E-state index >= 15 is 0 Å². The molecule has 226 valence electrons. The van der Waals surface area contributed by atoms with E-state index in [1.54, 1.807) is 0 Å². The molecule has 0 aliphatic rings. The molecule has 6 aromatic carbocycles. The standard InChI is InChI=1S/C42H28N6/c1-25-23-27(47-37-17-9-3-11-31(37)32-12-4-10-18-38(32)47)19-21-29(25)30-22-20-28(24-26(30)2)48-41-39(43-33-13-5-7-15-35(33)45-41)40-42(48)46-36-16-8-6-14-34(36)44-40/h3-24H,1-2H3. The van der Waals surface area contributed by atoms with E-state index in [-0.39, 0.29) is 0 Å². The summed E-state index contributed by atoms with van der Waals surface area (Å²) in [6.07, 6.45) is 0. The average Bonchev–Trinajstić information content (AvgIpc) is 3.61. The van der Waals surface area contributed by atoms with Crippen LogP contribution in [0.2, 0.25) is 0 Å². The van der Waals surface area contributed by atoms with Crippen LogP contribution in [0, 0.1) is 13.8 Å². The minimum Gasteiger partial charge on any atom is -0.309 e. The van der Waals surface area contributed by atoms with Gasteiger partial charge in [0, 0.05) is 22.1 Å². The molecule has 0 saturated carbocycles. The molecule has 0 atom stereocenters. The van der Waals surface area contributed by atoms with Gasteiger partial charge >= 0.3 is 0 Å². The van der Waals surface area contributed by atoms with E-state index < -0.39 is 0 Å². The van der Waals surface area contributed by atoms with Crippen LogP contribution in [0.15, 0.2) is 133 Å². The maximum Gasteiger partial charge on any atom is 0.168 e. The summed E-state index contributed by atoms with van der Waals surface area (Å²) < 4.78 is 4.48. The second-order valence-electron chi connectivity index (χ2n) is 12.5. The first-order valence-electron chi connectivity index (χ1n) is 16.2. The fourth-order valence-corrected chi connectivity index (χ4v) is 7.33. The summed E-state index contributed by atoms with van der Waals surface area (Å²) in [5.41, 5.74) is 15.7. The predicted octanol–water partition coefficient (Wildman–Crippen LogP) is 10.1. The first-order valence-corrected chi connectivity index (χ1v) is 16.2. The molecule has 48 heavy (non-hydrogen) atoms. The first-order chi connectivity index (χ1) is 23.6. The third-order valence-electron chi connectivity index (χ3n) is 9.56. The topological polar surface area (TPSA) is 61.4 Å². The number of aryl methyl sites for hydroxylation is 2. The summed E-state index contributed by atoms with van der Waals surface area (Å²) >= 11 is 0. The van der Waals surface area contributed by atoms with Gasteiger partial charge in [-0.1, -0.05) is 72.8 Å². The van der Waals surface area contributed by atoms with E-state index in [9.17, 15) is 0 Å². The first kappa shape index (κ1) is 26.8. The molecule has 6 heteroatoms. The van der Waals surface area contributed by atoms with Crippen LogP contribution in [0.4, 0.5) is 0 Å². The molecule has 0 unspecified atom stereocenters. The van der Waals surface area contributed by atoms with Crippen LogP contribution in [0.3, 0.4) is 0 Å². The maximum atomic E-state index is 5.10. The van der Waals surface area contributed by atoms with Crippen LogP contribution in [0.25, 0.3) is 88.7 Å². The van der Waals surface area contributed by atoms with Crippen LogP contribution < -0.4 is 0 Å². The summed E-state index contributed by atoms with van der Waals surface area (Å²) in [6.45, 7) is 4.38. The molecule has 0 aliphatic heterocycles. The van der Waals surface area contributed by atoms with Gasteiger partial charge < -0.3 is 4.57 Å². The fraction of sp³-hybridized carbons (Fsp3) is 0.0476. The molecular formula is C42H28N6. The lowest BCUT2D eigenvalue weighted by molar-refractivity contribution is 1.11. The lowest BCUT2D eigenvalue weighted by Gasteiger charge is -2.15. The van der Waals surface area contributed by atoms with Crippen molar-refractivity contribution in [3.8, 4) is 22.5 Å². The number of aromatic nitrogens is 6. The van der Waals surface area contributed by atoms with Gasteiger partial charge in [-0.2, -0.15) is 0 Å². The largest absolute Gasteiger partial charge is 0.309 e. The smallest absolute Gasteiger partial charge is 0.168 e. The molecule has 4 aromatic heterocycles. The van der Waals surface area contributed by atoms with Crippen molar-refractivity contribution in [3.05, 3.63) is 145 Å². The van der Waals surface area contributed by atoms with Gasteiger partial charge in [0.2, 0.25) is 0 Å². The van der Waals surface area contributed by atoms with Crippen LogP contribution in [0.5, 0.6) is 0 Å². The highest BCUT2D eigenvalue weighted by Crippen LogP contribution is 2.36. The normalized spacial score (nSPS) is 12.0. The van der Waals surface area contributed by atoms with Crippen LogP contribution >= 0.6 is 0 Å². The number of hydrogen-bond donors (Lipinski definition) is 0. The van der Waals surface area contributed by atoms with Crippen molar-refractivity contribution in [2.24, 2.45) is 0 Å². The molecule has 0 aliphatic carbocycles. The lowest BCUT2D eigenvalue weighted by atomic mass is 9.95. The van der Waals surface area contributed by atoms with Crippen molar-refractivity contribution >= 4 is 66.2 Å². The third kappa shape index (κ3) is 3.86. The van der Waals surface area contributed by atoms with Crippen molar-refractivity contribution in [1.82, 2.24) is 29.1 Å². The summed E-state index contributed by atoms with van der Waals surface area (Å²) in [5.74, 6) is 0. The average molecular weight is 617 g/mol. The highest BCUT2D eigenvalue weighted by atomic mass is 15.1. The predicted molar refractivity (Wildman–Crippen MR) is 196 cm³/mol. The van der Waals surface area contributed by atoms with E-state index in [0.717, 1.165) is 61.3 Å². The lowest BCUT2D eigenvalue weighted by Crippen LogP contribution is -2.00. The molecule has 10 rings (SSSR count). The molecule has 6 nitrogen and oxygen atoms in total. The second kappa shape index (κ2) is 10.0. The van der Waals surface area contributed by atoms with Crippen molar-refractivity contribution in [2.45, 2.75) is 13.8 Å². The SMILES string of the molecule is Cc1cc(-n2c3ccccc3c3ccccc32)ccc1-c1ccc(-n2c3nc4ccccc4nc3c3nc4ccccc4nc32)cc1C. The Balaban J connectivity index is 1.13. The zero-order chi connectivity index (χ0) is 31.9. The van der Waals surface area contributed by atoms with E-state index in [1.807, 2.05) is 48.5 Å². The highest BCUT2D eigenvalue weighted by Gasteiger charge is 2.20. The molecular weight excluding hydrogens is 589 g/mol. The van der Waals surface area contributed by atoms with Crippen LogP contribution in [-0.2, 0) is 0 Å². The Hall–Kier alpha value is -6.40. The van der Waals surface area contributed by atoms with Crippen LogP contribution in [-0.4, -0.2) is 29.1 Å². The molecule has 0 saturated heterocycles. The Kier molecular flexibility index (Phi) is 5.61. The van der Waals surface area contributed by atoms with Gasteiger partial charge in [0.1, 0.15) is 11.0 Å². The molecule has 10 aromatic rings. The van der Waals surface area contributed by atoms with Crippen molar-refractivity contribution in [1.29, 1.82) is 0 Å². The van der Waals surface area contributed by atoms with Gasteiger partial charge in [-0.25, -0.2) is 19.9 Å². The number of rotatable bonds is 3. The maximum absolute atomic E-state index is 5.10. The molecule has 0 N–H and O–H groups in total. The van der Waals surface area contributed by atoms with Crippen molar-refractivity contribution < 1.29 is 0 Å².